The summed E-state index contributed by atoms with van der Waals surface area (Å²) in [4.78, 5) is 10.6. The first-order valence-electron chi connectivity index (χ1n) is 7.01. The third-order valence-electron chi connectivity index (χ3n) is 3.43. The molecule has 1 saturated heterocycles. The molecule has 0 bridgehead atoms. The molecule has 2 heterocycles. The van der Waals surface area contributed by atoms with E-state index in [9.17, 15) is 0 Å². The first-order valence-corrected chi connectivity index (χ1v) is 7.39. The summed E-state index contributed by atoms with van der Waals surface area (Å²) in [6.45, 7) is 3.25. The van der Waals surface area contributed by atoms with E-state index in [0.717, 1.165) is 43.4 Å². The van der Waals surface area contributed by atoms with Gasteiger partial charge in [-0.1, -0.05) is 11.6 Å². The van der Waals surface area contributed by atoms with Crippen molar-refractivity contribution in [2.24, 2.45) is 0 Å². The zero-order valence-electron chi connectivity index (χ0n) is 12.3. The van der Waals surface area contributed by atoms with Crippen LogP contribution in [0, 0.1) is 0 Å². The van der Waals surface area contributed by atoms with Crippen molar-refractivity contribution in [3.63, 3.8) is 0 Å². The number of rotatable bonds is 4. The van der Waals surface area contributed by atoms with Crippen LogP contribution in [0.5, 0.6) is 5.75 Å². The summed E-state index contributed by atoms with van der Waals surface area (Å²) in [5, 5.41) is 3.67. The summed E-state index contributed by atoms with van der Waals surface area (Å²) < 4.78 is 10.8. The molecule has 116 valence electrons. The molecule has 1 fully saturated rings. The minimum atomic E-state index is 0.474. The van der Waals surface area contributed by atoms with Crippen LogP contribution in [0.25, 0.3) is 0 Å². The van der Waals surface area contributed by atoms with E-state index in [1.54, 1.807) is 19.5 Å². The molecule has 0 radical (unpaired) electrons. The predicted molar refractivity (Wildman–Crippen MR) is 86.4 cm³/mol. The molecule has 1 aliphatic rings. The molecule has 0 amide bonds. The number of aromatic nitrogens is 2. The van der Waals surface area contributed by atoms with Crippen LogP contribution < -0.4 is 15.0 Å². The second-order valence-electron chi connectivity index (χ2n) is 4.83. The molecule has 2 aromatic rings. The minimum absolute atomic E-state index is 0.474. The standard InChI is InChI=1S/C15H17ClN4O2/c1-21-14-3-2-12(20-4-6-22-7-5-20)8-13(14)19-15-17-9-11(16)10-18-15/h2-3,8-10H,4-7H2,1H3,(H,17,18,19). The molecule has 0 unspecified atom stereocenters. The lowest BCUT2D eigenvalue weighted by molar-refractivity contribution is 0.122. The molecule has 1 aromatic heterocycles. The van der Waals surface area contributed by atoms with Crippen LogP contribution in [-0.2, 0) is 4.74 Å². The number of ether oxygens (including phenoxy) is 2. The molecule has 7 heteroatoms. The fourth-order valence-electron chi connectivity index (χ4n) is 2.31. The Balaban J connectivity index is 1.85. The molecule has 6 nitrogen and oxygen atoms in total. The molecule has 22 heavy (non-hydrogen) atoms. The van der Waals surface area contributed by atoms with Gasteiger partial charge in [-0.2, -0.15) is 0 Å². The lowest BCUT2D eigenvalue weighted by Gasteiger charge is -2.29. The number of morpholine rings is 1. The van der Waals surface area contributed by atoms with Crippen molar-refractivity contribution < 1.29 is 9.47 Å². The second-order valence-corrected chi connectivity index (χ2v) is 5.27. The maximum atomic E-state index is 5.80. The highest BCUT2D eigenvalue weighted by atomic mass is 35.5. The van der Waals surface area contributed by atoms with E-state index in [0.29, 0.717) is 11.0 Å². The first kappa shape index (κ1) is 14.9. The van der Waals surface area contributed by atoms with Gasteiger partial charge in [-0.05, 0) is 18.2 Å². The normalized spacial score (nSPS) is 14.7. The van der Waals surface area contributed by atoms with Crippen LogP contribution >= 0.6 is 11.6 Å². The summed E-state index contributed by atoms with van der Waals surface area (Å²) in [6, 6.07) is 6.00. The van der Waals surface area contributed by atoms with Crippen molar-refractivity contribution in [1.82, 2.24) is 9.97 Å². The van der Waals surface area contributed by atoms with E-state index in [1.807, 2.05) is 18.2 Å². The predicted octanol–water partition coefficient (Wildman–Crippen LogP) is 2.72. The third-order valence-corrected chi connectivity index (χ3v) is 3.62. The smallest absolute Gasteiger partial charge is 0.227 e. The molecule has 1 aromatic carbocycles. The maximum Gasteiger partial charge on any atom is 0.227 e. The fraction of sp³-hybridized carbons (Fsp3) is 0.333. The molecule has 0 atom stereocenters. The van der Waals surface area contributed by atoms with Gasteiger partial charge in [0, 0.05) is 18.8 Å². The van der Waals surface area contributed by atoms with Gasteiger partial charge in [0.2, 0.25) is 5.95 Å². The average molecular weight is 321 g/mol. The molecule has 1 N–H and O–H groups in total. The van der Waals surface area contributed by atoms with Gasteiger partial charge < -0.3 is 19.7 Å². The van der Waals surface area contributed by atoms with E-state index in [2.05, 4.69) is 20.2 Å². The number of anilines is 3. The van der Waals surface area contributed by atoms with Crippen molar-refractivity contribution in [3.05, 3.63) is 35.6 Å². The molecule has 0 aliphatic carbocycles. The molecular formula is C15H17ClN4O2. The average Bonchev–Trinajstić information content (AvgIpc) is 2.58. The van der Waals surface area contributed by atoms with Crippen LogP contribution in [0.15, 0.2) is 30.6 Å². The number of methoxy groups -OCH3 is 1. The Morgan fingerprint density at radius 2 is 1.95 bits per heavy atom. The van der Waals surface area contributed by atoms with Crippen molar-refractivity contribution in [2.45, 2.75) is 0 Å². The topological polar surface area (TPSA) is 59.5 Å². The van der Waals surface area contributed by atoms with Crippen LogP contribution in [0.3, 0.4) is 0 Å². The van der Waals surface area contributed by atoms with E-state index < -0.39 is 0 Å². The van der Waals surface area contributed by atoms with E-state index >= 15 is 0 Å². The number of hydrogen-bond donors (Lipinski definition) is 1. The van der Waals surface area contributed by atoms with Gasteiger partial charge in [-0.15, -0.1) is 0 Å². The minimum Gasteiger partial charge on any atom is -0.495 e. The zero-order chi connectivity index (χ0) is 15.4. The Bertz CT molecular complexity index is 630. The highest BCUT2D eigenvalue weighted by Gasteiger charge is 2.14. The van der Waals surface area contributed by atoms with Crippen LogP contribution in [0.2, 0.25) is 5.02 Å². The summed E-state index contributed by atoms with van der Waals surface area (Å²) in [5.74, 6) is 1.21. The van der Waals surface area contributed by atoms with Gasteiger partial charge in [-0.3, -0.25) is 0 Å². The van der Waals surface area contributed by atoms with Crippen LogP contribution in [0.4, 0.5) is 17.3 Å². The summed E-state index contributed by atoms with van der Waals surface area (Å²) in [5.41, 5.74) is 1.93. The Morgan fingerprint density at radius 3 is 2.64 bits per heavy atom. The molecule has 0 saturated carbocycles. The van der Waals surface area contributed by atoms with Crippen LogP contribution in [-0.4, -0.2) is 43.4 Å². The van der Waals surface area contributed by atoms with Gasteiger partial charge in [0.25, 0.3) is 0 Å². The van der Waals surface area contributed by atoms with Crippen molar-refractivity contribution in [2.75, 3.05) is 43.6 Å². The highest BCUT2D eigenvalue weighted by Crippen LogP contribution is 2.31. The SMILES string of the molecule is COc1ccc(N2CCOCC2)cc1Nc1ncc(Cl)cn1. The van der Waals surface area contributed by atoms with E-state index in [-0.39, 0.29) is 0 Å². The molecule has 3 rings (SSSR count). The quantitative estimate of drug-likeness (QED) is 0.934. The summed E-state index contributed by atoms with van der Waals surface area (Å²) >= 11 is 5.80. The van der Waals surface area contributed by atoms with Gasteiger partial charge >= 0.3 is 0 Å². The number of halogens is 1. The van der Waals surface area contributed by atoms with E-state index in [4.69, 9.17) is 21.1 Å². The zero-order valence-corrected chi connectivity index (χ0v) is 13.0. The Kier molecular flexibility index (Phi) is 4.60. The fourth-order valence-corrected chi connectivity index (χ4v) is 2.41. The second kappa shape index (κ2) is 6.81. The number of nitrogens with zero attached hydrogens (tertiary/aromatic N) is 3. The Morgan fingerprint density at radius 1 is 1.23 bits per heavy atom. The lowest BCUT2D eigenvalue weighted by Crippen LogP contribution is -2.36. The Hall–Kier alpha value is -2.05. The Labute approximate surface area is 134 Å². The maximum absolute atomic E-state index is 5.80. The van der Waals surface area contributed by atoms with Gasteiger partial charge in [0.1, 0.15) is 5.75 Å². The van der Waals surface area contributed by atoms with Crippen molar-refractivity contribution in [1.29, 1.82) is 0 Å². The number of nitrogens with one attached hydrogen (secondary N) is 1. The monoisotopic (exact) mass is 320 g/mol. The number of benzene rings is 1. The third kappa shape index (κ3) is 3.40. The highest BCUT2D eigenvalue weighted by molar-refractivity contribution is 6.30. The lowest BCUT2D eigenvalue weighted by atomic mass is 10.2. The molecule has 1 aliphatic heterocycles. The van der Waals surface area contributed by atoms with Gasteiger partial charge in [0.05, 0.1) is 43.4 Å². The summed E-state index contributed by atoms with van der Waals surface area (Å²) in [7, 11) is 1.64. The van der Waals surface area contributed by atoms with Crippen molar-refractivity contribution in [3.8, 4) is 5.75 Å². The van der Waals surface area contributed by atoms with Crippen LogP contribution in [0.1, 0.15) is 0 Å². The van der Waals surface area contributed by atoms with Crippen molar-refractivity contribution >= 4 is 28.9 Å². The molecule has 0 spiro atoms. The molecular weight excluding hydrogens is 304 g/mol. The first-order chi connectivity index (χ1) is 10.8. The van der Waals surface area contributed by atoms with Gasteiger partial charge in [-0.25, -0.2) is 9.97 Å². The van der Waals surface area contributed by atoms with Gasteiger partial charge in [0.15, 0.2) is 0 Å². The van der Waals surface area contributed by atoms with E-state index in [1.165, 1.54) is 0 Å². The summed E-state index contributed by atoms with van der Waals surface area (Å²) in [6.07, 6.45) is 3.10. The largest absolute Gasteiger partial charge is 0.495 e. The number of hydrogen-bond acceptors (Lipinski definition) is 6.